The minimum Gasteiger partial charge on any atom is -0.305 e. The number of thiazole rings is 1. The van der Waals surface area contributed by atoms with Gasteiger partial charge in [-0.1, -0.05) is 17.3 Å². The van der Waals surface area contributed by atoms with E-state index in [2.05, 4.69) is 10.9 Å². The third kappa shape index (κ3) is 3.77. The van der Waals surface area contributed by atoms with Crippen LogP contribution in [0.5, 0.6) is 0 Å². The Bertz CT molecular complexity index is 1260. The van der Waals surface area contributed by atoms with E-state index in [0.717, 1.165) is 11.3 Å². The average Bonchev–Trinajstić information content (AvgIpc) is 2.98. The van der Waals surface area contributed by atoms with Gasteiger partial charge >= 0.3 is 0 Å². The number of halogens is 1. The summed E-state index contributed by atoms with van der Waals surface area (Å²) in [6, 6.07) is 9.93. The number of nitrogens with zero attached hydrogens (tertiary/aromatic N) is 2. The highest BCUT2D eigenvalue weighted by Gasteiger charge is 2.19. The molecule has 0 saturated heterocycles. The Hall–Kier alpha value is -2.76. The van der Waals surface area contributed by atoms with Gasteiger partial charge in [-0.05, 0) is 56.3 Å². The monoisotopic (exact) mass is 416 g/mol. The topological polar surface area (TPSA) is 68.5 Å². The van der Waals surface area contributed by atoms with Crippen molar-refractivity contribution in [2.75, 3.05) is 0 Å². The first-order valence-electron chi connectivity index (χ1n) is 8.39. The molecule has 0 aliphatic carbocycles. The molecule has 1 aromatic heterocycles. The van der Waals surface area contributed by atoms with Crippen molar-refractivity contribution in [1.82, 2.24) is 4.57 Å². The van der Waals surface area contributed by atoms with Gasteiger partial charge in [-0.25, -0.2) is 12.8 Å². The van der Waals surface area contributed by atoms with Crippen molar-refractivity contribution in [3.8, 4) is 12.3 Å². The van der Waals surface area contributed by atoms with Gasteiger partial charge in [-0.15, -0.1) is 6.42 Å². The summed E-state index contributed by atoms with van der Waals surface area (Å²) in [6.45, 7) is 3.37. The molecule has 2 aromatic carbocycles. The van der Waals surface area contributed by atoms with Crippen LogP contribution in [0.1, 0.15) is 24.2 Å². The molecule has 28 heavy (non-hydrogen) atoms. The molecule has 0 spiro atoms. The van der Waals surface area contributed by atoms with E-state index in [0.29, 0.717) is 15.0 Å². The van der Waals surface area contributed by atoms with E-state index in [1.165, 1.54) is 36.4 Å². The first-order valence-corrected chi connectivity index (χ1v) is 10.8. The lowest BCUT2D eigenvalue weighted by Crippen LogP contribution is -2.17. The largest absolute Gasteiger partial charge is 0.305 e. The maximum Gasteiger partial charge on any atom is 0.279 e. The molecular formula is C20H17FN2O3S2. The van der Waals surface area contributed by atoms with Crippen LogP contribution in [0, 0.1) is 18.2 Å². The molecular weight excluding hydrogens is 399 g/mol. The fourth-order valence-electron chi connectivity index (χ4n) is 2.59. The summed E-state index contributed by atoms with van der Waals surface area (Å²) < 4.78 is 40.2. The number of aromatic nitrogens is 1. The molecule has 1 amide bonds. The van der Waals surface area contributed by atoms with E-state index in [9.17, 15) is 17.6 Å². The first-order chi connectivity index (χ1) is 13.2. The van der Waals surface area contributed by atoms with E-state index >= 15 is 0 Å². The maximum absolute atomic E-state index is 13.5. The Balaban J connectivity index is 2.03. The van der Waals surface area contributed by atoms with Crippen molar-refractivity contribution >= 4 is 37.3 Å². The van der Waals surface area contributed by atoms with Crippen LogP contribution in [0.15, 0.2) is 52.4 Å². The molecule has 0 bridgehead atoms. The van der Waals surface area contributed by atoms with Gasteiger partial charge in [0.25, 0.3) is 5.91 Å². The fourth-order valence-corrected chi connectivity index (χ4v) is 4.70. The number of carbonyl (C=O) groups excluding carboxylic acids is 1. The molecule has 144 valence electrons. The van der Waals surface area contributed by atoms with Gasteiger partial charge < -0.3 is 4.57 Å². The molecule has 0 radical (unpaired) electrons. The molecule has 5 nitrogen and oxygen atoms in total. The SMILES string of the molecule is C#CCn1c(=NC(=O)c2ccc(S(=O)(=O)C(C)C)cc2)sc2cc(F)ccc21. The molecule has 0 unspecified atom stereocenters. The van der Waals surface area contributed by atoms with Crippen LogP contribution in [0.2, 0.25) is 0 Å². The first kappa shape index (κ1) is 20.0. The molecule has 3 rings (SSSR count). The summed E-state index contributed by atoms with van der Waals surface area (Å²) in [6.07, 6.45) is 5.41. The Morgan fingerprint density at radius 1 is 1.25 bits per heavy atom. The zero-order chi connectivity index (χ0) is 20.5. The number of hydrogen-bond donors (Lipinski definition) is 0. The van der Waals surface area contributed by atoms with E-state index < -0.39 is 21.0 Å². The van der Waals surface area contributed by atoms with Gasteiger partial charge in [0.15, 0.2) is 14.6 Å². The van der Waals surface area contributed by atoms with Crippen LogP contribution < -0.4 is 4.80 Å². The Morgan fingerprint density at radius 3 is 2.54 bits per heavy atom. The molecule has 8 heteroatoms. The zero-order valence-corrected chi connectivity index (χ0v) is 16.8. The highest BCUT2D eigenvalue weighted by atomic mass is 32.2. The van der Waals surface area contributed by atoms with E-state index in [1.807, 2.05) is 0 Å². The van der Waals surface area contributed by atoms with Gasteiger partial charge in [0, 0.05) is 5.56 Å². The molecule has 0 fully saturated rings. The quantitative estimate of drug-likeness (QED) is 0.612. The molecule has 0 saturated carbocycles. The van der Waals surface area contributed by atoms with Crippen LogP contribution in [0.4, 0.5) is 4.39 Å². The lowest BCUT2D eigenvalue weighted by molar-refractivity contribution is 0.0998. The van der Waals surface area contributed by atoms with Crippen LogP contribution in [-0.4, -0.2) is 24.1 Å². The molecule has 3 aromatic rings. The standard InChI is InChI=1S/C20H17FN2O3S2/c1-4-11-23-17-10-7-15(21)12-18(17)27-20(23)22-19(24)14-5-8-16(9-6-14)28(25,26)13(2)3/h1,5-10,12-13H,11H2,2-3H3. The van der Waals surface area contributed by atoms with Crippen LogP contribution in [0.3, 0.4) is 0 Å². The third-order valence-electron chi connectivity index (χ3n) is 4.14. The summed E-state index contributed by atoms with van der Waals surface area (Å²) in [5.41, 5.74) is 0.938. The predicted octanol–water partition coefficient (Wildman–Crippen LogP) is 3.40. The van der Waals surface area contributed by atoms with Gasteiger partial charge in [-0.3, -0.25) is 4.79 Å². The maximum atomic E-state index is 13.5. The Labute approximate surface area is 166 Å². The number of fused-ring (bicyclic) bond motifs is 1. The number of amides is 1. The number of rotatable bonds is 4. The number of terminal acetylenes is 1. The summed E-state index contributed by atoms with van der Waals surface area (Å²) in [7, 11) is -3.42. The van der Waals surface area contributed by atoms with E-state index in [1.54, 1.807) is 24.5 Å². The van der Waals surface area contributed by atoms with Crippen molar-refractivity contribution in [3.05, 3.63) is 58.6 Å². The van der Waals surface area contributed by atoms with Crippen molar-refractivity contribution in [2.45, 2.75) is 30.5 Å². The zero-order valence-electron chi connectivity index (χ0n) is 15.2. The summed E-state index contributed by atoms with van der Waals surface area (Å²) in [5, 5.41) is -0.555. The number of benzene rings is 2. The minimum absolute atomic E-state index is 0.152. The Morgan fingerprint density at radius 2 is 1.93 bits per heavy atom. The van der Waals surface area contributed by atoms with Gasteiger partial charge in [-0.2, -0.15) is 4.99 Å². The normalized spacial score (nSPS) is 12.5. The second-order valence-corrected chi connectivity index (χ2v) is 9.84. The minimum atomic E-state index is -3.42. The highest BCUT2D eigenvalue weighted by Crippen LogP contribution is 2.19. The fraction of sp³-hybridized carbons (Fsp3) is 0.200. The van der Waals surface area contributed by atoms with Crippen LogP contribution >= 0.6 is 11.3 Å². The molecule has 0 N–H and O–H groups in total. The lowest BCUT2D eigenvalue weighted by atomic mass is 10.2. The lowest BCUT2D eigenvalue weighted by Gasteiger charge is -2.07. The second kappa shape index (κ2) is 7.70. The van der Waals surface area contributed by atoms with Crippen molar-refractivity contribution < 1.29 is 17.6 Å². The number of carbonyl (C=O) groups is 1. The summed E-state index contributed by atoms with van der Waals surface area (Å²) >= 11 is 1.16. The van der Waals surface area contributed by atoms with Crippen molar-refractivity contribution in [1.29, 1.82) is 0 Å². The van der Waals surface area contributed by atoms with Crippen molar-refractivity contribution in [3.63, 3.8) is 0 Å². The van der Waals surface area contributed by atoms with Crippen LogP contribution in [-0.2, 0) is 16.4 Å². The molecule has 0 aliphatic heterocycles. The third-order valence-corrected chi connectivity index (χ3v) is 7.35. The molecule has 0 aliphatic rings. The van der Waals surface area contributed by atoms with E-state index in [4.69, 9.17) is 6.42 Å². The van der Waals surface area contributed by atoms with Gasteiger partial charge in [0.2, 0.25) is 0 Å². The summed E-state index contributed by atoms with van der Waals surface area (Å²) in [5.74, 6) is 1.58. The average molecular weight is 416 g/mol. The smallest absolute Gasteiger partial charge is 0.279 e. The highest BCUT2D eigenvalue weighted by molar-refractivity contribution is 7.92. The second-order valence-electron chi connectivity index (χ2n) is 6.32. The van der Waals surface area contributed by atoms with E-state index in [-0.39, 0.29) is 22.8 Å². The number of hydrogen-bond acceptors (Lipinski definition) is 4. The van der Waals surface area contributed by atoms with Crippen molar-refractivity contribution in [2.24, 2.45) is 4.99 Å². The predicted molar refractivity (Wildman–Crippen MR) is 107 cm³/mol. The number of sulfone groups is 1. The van der Waals surface area contributed by atoms with Gasteiger partial charge in [0.05, 0.1) is 26.9 Å². The Kier molecular flexibility index (Phi) is 5.49. The van der Waals surface area contributed by atoms with Crippen LogP contribution in [0.25, 0.3) is 10.2 Å². The van der Waals surface area contributed by atoms with Gasteiger partial charge in [0.1, 0.15) is 5.82 Å². The summed E-state index contributed by atoms with van der Waals surface area (Å²) in [4.78, 5) is 17.2. The molecule has 1 heterocycles. The molecule has 0 atom stereocenters.